The molecule has 1 unspecified atom stereocenters. The molecule has 1 rings (SSSR count). The molecule has 0 bridgehead atoms. The summed E-state index contributed by atoms with van der Waals surface area (Å²) in [5.41, 5.74) is 0. The molecule has 0 aromatic carbocycles. The zero-order valence-corrected chi connectivity index (χ0v) is 15.8. The van der Waals surface area contributed by atoms with Gasteiger partial charge in [0.2, 0.25) is 5.24 Å². The SMILES string of the molecule is CCCCN(CCCC)CCCOC1=CCC(Cl)(C(=O)Cl)C=C1. The monoisotopic (exact) mass is 361 g/mol. The van der Waals surface area contributed by atoms with E-state index >= 15 is 0 Å². The second kappa shape index (κ2) is 11.1. The van der Waals surface area contributed by atoms with Gasteiger partial charge in [0.15, 0.2) is 0 Å². The van der Waals surface area contributed by atoms with Crippen molar-refractivity contribution in [2.45, 2.75) is 57.2 Å². The molecule has 0 heterocycles. The van der Waals surface area contributed by atoms with Gasteiger partial charge in [0.05, 0.1) is 6.61 Å². The van der Waals surface area contributed by atoms with E-state index in [1.165, 1.54) is 38.8 Å². The molecule has 0 aliphatic heterocycles. The number of alkyl halides is 1. The van der Waals surface area contributed by atoms with Crippen LogP contribution in [-0.4, -0.2) is 41.3 Å². The standard InChI is InChI=1S/C18H29Cl2NO2/c1-3-5-12-21(13-6-4-2)14-7-15-23-16-8-10-18(20,11-9-16)17(19)22/h8-10H,3-7,11-15H2,1-2H3. The van der Waals surface area contributed by atoms with E-state index in [1.807, 2.05) is 6.08 Å². The molecule has 0 N–H and O–H groups in total. The zero-order chi connectivity index (χ0) is 17.1. The number of halogens is 2. The van der Waals surface area contributed by atoms with E-state index in [-0.39, 0.29) is 0 Å². The first-order chi connectivity index (χ1) is 11.0. The molecule has 0 radical (unpaired) electrons. The van der Waals surface area contributed by atoms with Crippen LogP contribution < -0.4 is 0 Å². The first kappa shape index (κ1) is 20.5. The molecule has 0 spiro atoms. The van der Waals surface area contributed by atoms with Crippen LogP contribution in [0.5, 0.6) is 0 Å². The molecule has 3 nitrogen and oxygen atoms in total. The van der Waals surface area contributed by atoms with Crippen LogP contribution in [0.4, 0.5) is 0 Å². The van der Waals surface area contributed by atoms with Gasteiger partial charge < -0.3 is 9.64 Å². The zero-order valence-electron chi connectivity index (χ0n) is 14.3. The minimum Gasteiger partial charge on any atom is -0.494 e. The molecule has 0 saturated heterocycles. The van der Waals surface area contributed by atoms with Crippen LogP contribution in [-0.2, 0) is 9.53 Å². The number of nitrogens with zero attached hydrogens (tertiary/aromatic N) is 1. The molecule has 1 atom stereocenters. The molecule has 0 aromatic heterocycles. The molecular formula is C18H29Cl2NO2. The van der Waals surface area contributed by atoms with Gasteiger partial charge in [0, 0.05) is 13.0 Å². The van der Waals surface area contributed by atoms with Crippen molar-refractivity contribution in [1.82, 2.24) is 4.90 Å². The van der Waals surface area contributed by atoms with Crippen molar-refractivity contribution in [3.05, 3.63) is 24.0 Å². The summed E-state index contributed by atoms with van der Waals surface area (Å²) >= 11 is 11.6. The third-order valence-corrected chi connectivity index (χ3v) is 4.87. The first-order valence-electron chi connectivity index (χ1n) is 8.65. The predicted molar refractivity (Wildman–Crippen MR) is 98.1 cm³/mol. The maximum Gasteiger partial charge on any atom is 0.246 e. The molecule has 0 saturated carbocycles. The van der Waals surface area contributed by atoms with E-state index in [0.29, 0.717) is 13.0 Å². The fourth-order valence-corrected chi connectivity index (χ4v) is 2.71. The second-order valence-corrected chi connectivity index (χ2v) is 7.05. The van der Waals surface area contributed by atoms with Crippen molar-refractivity contribution in [1.29, 1.82) is 0 Å². The Morgan fingerprint density at radius 3 is 2.30 bits per heavy atom. The van der Waals surface area contributed by atoms with Crippen LogP contribution in [0.3, 0.4) is 0 Å². The molecule has 132 valence electrons. The summed E-state index contributed by atoms with van der Waals surface area (Å²) in [6, 6.07) is 0. The summed E-state index contributed by atoms with van der Waals surface area (Å²) in [5, 5.41) is -0.548. The lowest BCUT2D eigenvalue weighted by Gasteiger charge is -2.23. The van der Waals surface area contributed by atoms with Crippen LogP contribution in [0.2, 0.25) is 0 Å². The van der Waals surface area contributed by atoms with Gasteiger partial charge in [-0.1, -0.05) is 32.8 Å². The Labute approximate surface area is 150 Å². The fourth-order valence-electron chi connectivity index (χ4n) is 2.43. The Kier molecular flexibility index (Phi) is 9.92. The van der Waals surface area contributed by atoms with Gasteiger partial charge in [0.25, 0.3) is 0 Å². The normalized spacial score (nSPS) is 20.7. The van der Waals surface area contributed by atoms with Gasteiger partial charge in [-0.15, -0.1) is 11.6 Å². The van der Waals surface area contributed by atoms with E-state index < -0.39 is 10.1 Å². The van der Waals surface area contributed by atoms with Gasteiger partial charge in [-0.05, 0) is 56.1 Å². The van der Waals surface area contributed by atoms with Crippen molar-refractivity contribution in [2.24, 2.45) is 0 Å². The van der Waals surface area contributed by atoms with Gasteiger partial charge >= 0.3 is 0 Å². The molecule has 0 fully saturated rings. The number of allylic oxidation sites excluding steroid dienone is 3. The summed E-state index contributed by atoms with van der Waals surface area (Å²) in [6.45, 7) is 8.54. The quantitative estimate of drug-likeness (QED) is 0.281. The Bertz CT molecular complexity index is 415. The van der Waals surface area contributed by atoms with Crippen molar-refractivity contribution in [2.75, 3.05) is 26.2 Å². The summed E-state index contributed by atoms with van der Waals surface area (Å²) in [6.07, 6.45) is 11.5. The average molecular weight is 362 g/mol. The third-order valence-electron chi connectivity index (χ3n) is 3.98. The lowest BCUT2D eigenvalue weighted by atomic mass is 10.0. The maximum atomic E-state index is 11.2. The van der Waals surface area contributed by atoms with Crippen LogP contribution in [0.1, 0.15) is 52.4 Å². The average Bonchev–Trinajstić information content (AvgIpc) is 2.54. The molecule has 1 aliphatic rings. The molecule has 5 heteroatoms. The Hall–Kier alpha value is -0.510. The number of carbonyl (C=O) groups is 1. The van der Waals surface area contributed by atoms with Crippen LogP contribution in [0, 0.1) is 0 Å². The minimum absolute atomic E-state index is 0.377. The van der Waals surface area contributed by atoms with Gasteiger partial charge in [-0.2, -0.15) is 0 Å². The second-order valence-electron chi connectivity index (χ2n) is 6.03. The third kappa shape index (κ3) is 7.73. The van der Waals surface area contributed by atoms with E-state index in [2.05, 4.69) is 18.7 Å². The Morgan fingerprint density at radius 1 is 1.22 bits per heavy atom. The highest BCUT2D eigenvalue weighted by molar-refractivity contribution is 6.71. The van der Waals surface area contributed by atoms with Crippen LogP contribution >= 0.6 is 23.2 Å². The number of unbranched alkanes of at least 4 members (excludes halogenated alkanes) is 2. The van der Waals surface area contributed by atoms with E-state index in [4.69, 9.17) is 27.9 Å². The Balaban J connectivity index is 2.27. The molecular weight excluding hydrogens is 333 g/mol. The first-order valence-corrected chi connectivity index (χ1v) is 9.40. The summed E-state index contributed by atoms with van der Waals surface area (Å²) in [4.78, 5) is 12.7. The predicted octanol–water partition coefficient (Wildman–Crippen LogP) is 4.88. The summed E-state index contributed by atoms with van der Waals surface area (Å²) in [5.74, 6) is 0.771. The highest BCUT2D eigenvalue weighted by Crippen LogP contribution is 2.30. The van der Waals surface area contributed by atoms with Crippen molar-refractivity contribution in [3.63, 3.8) is 0 Å². The summed E-state index contributed by atoms with van der Waals surface area (Å²) in [7, 11) is 0. The lowest BCUT2D eigenvalue weighted by molar-refractivity contribution is -0.113. The highest BCUT2D eigenvalue weighted by Gasteiger charge is 2.32. The number of rotatable bonds is 12. The van der Waals surface area contributed by atoms with Crippen LogP contribution in [0.15, 0.2) is 24.0 Å². The Morgan fingerprint density at radius 2 is 1.83 bits per heavy atom. The number of hydrogen-bond acceptors (Lipinski definition) is 3. The minimum atomic E-state index is -1.11. The van der Waals surface area contributed by atoms with Crippen molar-refractivity contribution >= 4 is 28.4 Å². The van der Waals surface area contributed by atoms with Gasteiger partial charge in [-0.25, -0.2) is 0 Å². The number of carbonyl (C=O) groups excluding carboxylic acids is 1. The molecule has 1 aliphatic carbocycles. The topological polar surface area (TPSA) is 29.5 Å². The van der Waals surface area contributed by atoms with E-state index in [9.17, 15) is 4.79 Å². The molecule has 23 heavy (non-hydrogen) atoms. The maximum absolute atomic E-state index is 11.2. The van der Waals surface area contributed by atoms with Crippen molar-refractivity contribution < 1.29 is 9.53 Å². The number of ether oxygens (including phenoxy) is 1. The van der Waals surface area contributed by atoms with Crippen molar-refractivity contribution in [3.8, 4) is 0 Å². The van der Waals surface area contributed by atoms with Gasteiger partial charge in [-0.3, -0.25) is 4.79 Å². The van der Waals surface area contributed by atoms with E-state index in [0.717, 1.165) is 18.7 Å². The number of hydrogen-bond donors (Lipinski definition) is 0. The van der Waals surface area contributed by atoms with Gasteiger partial charge in [0.1, 0.15) is 10.6 Å². The smallest absolute Gasteiger partial charge is 0.246 e. The molecule has 0 aromatic rings. The molecule has 0 amide bonds. The summed E-state index contributed by atoms with van der Waals surface area (Å²) < 4.78 is 5.75. The largest absolute Gasteiger partial charge is 0.494 e. The lowest BCUT2D eigenvalue weighted by Crippen LogP contribution is -2.28. The van der Waals surface area contributed by atoms with E-state index in [1.54, 1.807) is 12.2 Å². The highest BCUT2D eigenvalue weighted by atomic mass is 35.5. The fraction of sp³-hybridized carbons (Fsp3) is 0.722. The van der Waals surface area contributed by atoms with Crippen LogP contribution in [0.25, 0.3) is 0 Å².